The standard InChI is InChI=1S/C19H28N4O3S/c1-12(2)9-15(20-5)11-26-17-10-16(21-19(22-17)23-27(24)25)18-13(3)7-6-8-14(18)4/h6-8,10,12,15,20H,9,11H2,1-5H3,(H,24,25)(H,21,22,23)/p-1/t15-/m1/s1. The maximum Gasteiger partial charge on any atom is 0.237 e. The number of nitrogens with one attached hydrogen (secondary N) is 2. The lowest BCUT2D eigenvalue weighted by Crippen LogP contribution is -2.33. The van der Waals surface area contributed by atoms with E-state index in [1.165, 1.54) is 0 Å². The Morgan fingerprint density at radius 2 is 1.89 bits per heavy atom. The van der Waals surface area contributed by atoms with E-state index in [0.29, 0.717) is 24.1 Å². The fraction of sp³-hybridized carbons (Fsp3) is 0.474. The third-order valence-electron chi connectivity index (χ3n) is 4.21. The van der Waals surface area contributed by atoms with Crippen molar-refractivity contribution in [2.75, 3.05) is 18.4 Å². The summed E-state index contributed by atoms with van der Waals surface area (Å²) in [5.74, 6) is 0.852. The van der Waals surface area contributed by atoms with Crippen LogP contribution in [-0.2, 0) is 11.3 Å². The molecular weight excluding hydrogens is 364 g/mol. The first-order valence-electron chi connectivity index (χ1n) is 8.91. The Bertz CT molecular complexity index is 778. The summed E-state index contributed by atoms with van der Waals surface area (Å²) in [6.07, 6.45) is 0.959. The van der Waals surface area contributed by atoms with Gasteiger partial charge in [0.2, 0.25) is 11.8 Å². The van der Waals surface area contributed by atoms with Gasteiger partial charge in [-0.1, -0.05) is 32.0 Å². The van der Waals surface area contributed by atoms with Crippen LogP contribution in [-0.4, -0.2) is 38.4 Å². The van der Waals surface area contributed by atoms with E-state index >= 15 is 0 Å². The van der Waals surface area contributed by atoms with Crippen LogP contribution in [0.2, 0.25) is 0 Å². The van der Waals surface area contributed by atoms with Gasteiger partial charge in [-0.25, -0.2) is 4.98 Å². The molecule has 8 heteroatoms. The lowest BCUT2D eigenvalue weighted by atomic mass is 10.00. The Morgan fingerprint density at radius 3 is 2.44 bits per heavy atom. The van der Waals surface area contributed by atoms with Crippen molar-refractivity contribution in [3.05, 3.63) is 35.4 Å². The first-order valence-corrected chi connectivity index (χ1v) is 9.99. The number of nitrogens with zero attached hydrogens (tertiary/aromatic N) is 2. The van der Waals surface area contributed by atoms with Gasteiger partial charge in [0.1, 0.15) is 6.61 Å². The summed E-state index contributed by atoms with van der Waals surface area (Å²) in [6, 6.07) is 7.87. The first-order chi connectivity index (χ1) is 12.8. The fourth-order valence-electron chi connectivity index (χ4n) is 2.99. The smallest absolute Gasteiger partial charge is 0.237 e. The molecule has 27 heavy (non-hydrogen) atoms. The largest absolute Gasteiger partial charge is 0.755 e. The van der Waals surface area contributed by atoms with E-state index in [9.17, 15) is 8.76 Å². The highest BCUT2D eigenvalue weighted by Gasteiger charge is 2.14. The number of hydrogen-bond acceptors (Lipinski definition) is 6. The number of anilines is 1. The Morgan fingerprint density at radius 1 is 1.22 bits per heavy atom. The Hall–Kier alpha value is -2.03. The van der Waals surface area contributed by atoms with E-state index in [2.05, 4.69) is 33.9 Å². The molecule has 0 radical (unpaired) electrons. The van der Waals surface area contributed by atoms with E-state index in [1.54, 1.807) is 6.07 Å². The third kappa shape index (κ3) is 6.27. The Labute approximate surface area is 163 Å². The lowest BCUT2D eigenvalue weighted by Gasteiger charge is -2.19. The third-order valence-corrected chi connectivity index (χ3v) is 4.56. The van der Waals surface area contributed by atoms with Crippen LogP contribution in [0.25, 0.3) is 11.3 Å². The van der Waals surface area contributed by atoms with Crippen LogP contribution in [0.15, 0.2) is 24.3 Å². The van der Waals surface area contributed by atoms with Gasteiger partial charge in [0.15, 0.2) is 0 Å². The van der Waals surface area contributed by atoms with Crippen LogP contribution < -0.4 is 14.8 Å². The molecule has 0 spiro atoms. The second kappa shape index (κ2) is 9.77. The maximum absolute atomic E-state index is 11.1. The molecule has 0 saturated heterocycles. The van der Waals surface area contributed by atoms with E-state index in [4.69, 9.17) is 4.74 Å². The average molecular weight is 392 g/mol. The van der Waals surface area contributed by atoms with Crippen molar-refractivity contribution < 1.29 is 13.5 Å². The molecule has 1 unspecified atom stereocenters. The molecule has 2 rings (SSSR count). The number of rotatable bonds is 9. The van der Waals surface area contributed by atoms with Crippen molar-refractivity contribution in [3.8, 4) is 17.1 Å². The molecular formula is C19H27N4O3S-. The van der Waals surface area contributed by atoms with Gasteiger partial charge in [0.05, 0.1) is 5.69 Å². The summed E-state index contributed by atoms with van der Waals surface area (Å²) in [5, 5.41) is 3.23. The van der Waals surface area contributed by atoms with Gasteiger partial charge < -0.3 is 14.6 Å². The van der Waals surface area contributed by atoms with Crippen molar-refractivity contribution in [2.45, 2.75) is 40.2 Å². The van der Waals surface area contributed by atoms with Crippen LogP contribution in [0, 0.1) is 19.8 Å². The van der Waals surface area contributed by atoms with Crippen LogP contribution in [0.4, 0.5) is 5.95 Å². The Balaban J connectivity index is 2.35. The summed E-state index contributed by atoms with van der Waals surface area (Å²) in [4.78, 5) is 8.53. The summed E-state index contributed by atoms with van der Waals surface area (Å²) >= 11 is -2.52. The van der Waals surface area contributed by atoms with Gasteiger partial charge in [-0.15, -0.1) is 0 Å². The first kappa shape index (κ1) is 21.3. The number of aryl methyl sites for hydroxylation is 2. The monoisotopic (exact) mass is 391 g/mol. The molecule has 0 bridgehead atoms. The van der Waals surface area contributed by atoms with Gasteiger partial charge in [-0.3, -0.25) is 8.93 Å². The number of ether oxygens (including phenoxy) is 1. The van der Waals surface area contributed by atoms with E-state index in [0.717, 1.165) is 23.1 Å². The van der Waals surface area contributed by atoms with Crippen LogP contribution >= 0.6 is 0 Å². The zero-order valence-electron chi connectivity index (χ0n) is 16.4. The second-order valence-electron chi connectivity index (χ2n) is 6.94. The molecule has 0 saturated carbocycles. The molecule has 7 nitrogen and oxygen atoms in total. The maximum atomic E-state index is 11.1. The van der Waals surface area contributed by atoms with Gasteiger partial charge >= 0.3 is 0 Å². The Kier molecular flexibility index (Phi) is 7.70. The molecule has 2 atom stereocenters. The SMILES string of the molecule is CN[C@@H](COc1cc(-c2c(C)cccc2C)nc(NS(=O)[O-])n1)CC(C)C. The molecule has 2 N–H and O–H groups in total. The summed E-state index contributed by atoms with van der Waals surface area (Å²) in [6.45, 7) is 8.71. The minimum Gasteiger partial charge on any atom is -0.755 e. The molecule has 0 amide bonds. The molecule has 0 aliphatic heterocycles. The molecule has 148 valence electrons. The van der Waals surface area contributed by atoms with Crippen molar-refractivity contribution in [2.24, 2.45) is 5.92 Å². The minimum atomic E-state index is -2.52. The number of aromatic nitrogens is 2. The number of benzene rings is 1. The minimum absolute atomic E-state index is 0.0108. The zero-order chi connectivity index (χ0) is 20.0. The summed E-state index contributed by atoms with van der Waals surface area (Å²) < 4.78 is 30.2. The van der Waals surface area contributed by atoms with E-state index in [-0.39, 0.29) is 12.0 Å². The van der Waals surface area contributed by atoms with E-state index in [1.807, 2.05) is 39.1 Å². The highest BCUT2D eigenvalue weighted by Crippen LogP contribution is 2.28. The topological polar surface area (TPSA) is 99.2 Å². The molecule has 1 heterocycles. The van der Waals surface area contributed by atoms with Gasteiger partial charge in [-0.2, -0.15) is 4.98 Å². The fourth-order valence-corrected chi connectivity index (χ4v) is 3.23. The normalized spacial score (nSPS) is 13.4. The van der Waals surface area contributed by atoms with Gasteiger partial charge in [0, 0.05) is 28.9 Å². The molecule has 1 aromatic carbocycles. The molecule has 0 fully saturated rings. The van der Waals surface area contributed by atoms with Crippen LogP contribution in [0.3, 0.4) is 0 Å². The zero-order valence-corrected chi connectivity index (χ0v) is 17.2. The van der Waals surface area contributed by atoms with Crippen LogP contribution in [0.5, 0.6) is 5.88 Å². The van der Waals surface area contributed by atoms with Gasteiger partial charge in [-0.05, 0) is 44.4 Å². The second-order valence-corrected chi connectivity index (χ2v) is 7.62. The summed E-state index contributed by atoms with van der Waals surface area (Å²) in [7, 11) is 1.89. The highest BCUT2D eigenvalue weighted by molar-refractivity contribution is 7.80. The van der Waals surface area contributed by atoms with Crippen molar-refractivity contribution in [3.63, 3.8) is 0 Å². The van der Waals surface area contributed by atoms with Crippen molar-refractivity contribution in [1.82, 2.24) is 15.3 Å². The highest BCUT2D eigenvalue weighted by atomic mass is 32.2. The summed E-state index contributed by atoms with van der Waals surface area (Å²) in [5.41, 5.74) is 3.65. The number of likely N-dealkylation sites (N-methyl/N-ethyl adjacent to an activating group) is 1. The predicted molar refractivity (Wildman–Crippen MR) is 107 cm³/mol. The number of hydrogen-bond donors (Lipinski definition) is 2. The van der Waals surface area contributed by atoms with Crippen molar-refractivity contribution >= 4 is 17.2 Å². The predicted octanol–water partition coefficient (Wildman–Crippen LogP) is 2.98. The molecule has 1 aromatic heterocycles. The van der Waals surface area contributed by atoms with E-state index < -0.39 is 11.3 Å². The lowest BCUT2D eigenvalue weighted by molar-refractivity contribution is 0.243. The van der Waals surface area contributed by atoms with Crippen molar-refractivity contribution in [1.29, 1.82) is 0 Å². The van der Waals surface area contributed by atoms with Gasteiger partial charge in [0.25, 0.3) is 0 Å². The quantitative estimate of drug-likeness (QED) is 0.638. The molecule has 0 aliphatic carbocycles. The molecule has 2 aromatic rings. The van der Waals surface area contributed by atoms with Crippen LogP contribution in [0.1, 0.15) is 31.4 Å². The molecule has 0 aliphatic rings. The average Bonchev–Trinajstić information content (AvgIpc) is 2.57.